The summed E-state index contributed by atoms with van der Waals surface area (Å²) in [5, 5.41) is 0.978. The second-order valence-corrected chi connectivity index (χ2v) is 8.23. The van der Waals surface area contributed by atoms with Crippen LogP contribution in [0.5, 0.6) is 11.5 Å². The molecule has 1 aromatic heterocycles. The van der Waals surface area contributed by atoms with Gasteiger partial charge < -0.3 is 18.8 Å². The van der Waals surface area contributed by atoms with Gasteiger partial charge in [0.25, 0.3) is 0 Å². The van der Waals surface area contributed by atoms with Crippen LogP contribution in [0.1, 0.15) is 45.1 Å². The molecule has 1 fully saturated rings. The van der Waals surface area contributed by atoms with E-state index in [1.54, 1.807) is 19.4 Å². The molecular formula is C27H31NO4. The number of benzene rings is 2. The third-order valence-electron chi connectivity index (χ3n) is 6.04. The molecule has 1 aliphatic rings. The molecule has 5 heteroatoms. The monoisotopic (exact) mass is 433 g/mol. The van der Waals surface area contributed by atoms with E-state index in [1.165, 1.54) is 12.8 Å². The van der Waals surface area contributed by atoms with Crippen LogP contribution < -0.4 is 9.47 Å². The zero-order chi connectivity index (χ0) is 22.5. The van der Waals surface area contributed by atoms with Crippen molar-refractivity contribution in [3.05, 3.63) is 54.3 Å². The largest absolute Gasteiger partial charge is 0.497 e. The number of rotatable bonds is 6. The third kappa shape index (κ3) is 4.67. The Morgan fingerprint density at radius 2 is 1.91 bits per heavy atom. The first-order valence-corrected chi connectivity index (χ1v) is 11.4. The smallest absolute Gasteiger partial charge is 0.246 e. The summed E-state index contributed by atoms with van der Waals surface area (Å²) in [6, 6.07) is 11.9. The fourth-order valence-electron chi connectivity index (χ4n) is 4.30. The second-order valence-electron chi connectivity index (χ2n) is 8.23. The summed E-state index contributed by atoms with van der Waals surface area (Å²) in [5.41, 5.74) is 4.55. The van der Waals surface area contributed by atoms with Crippen molar-refractivity contribution in [2.45, 2.75) is 39.5 Å². The highest BCUT2D eigenvalue weighted by molar-refractivity contribution is 6.00. The number of allylic oxidation sites excluding steroid dienone is 1. The lowest BCUT2D eigenvalue weighted by molar-refractivity contribution is -0.125. The summed E-state index contributed by atoms with van der Waals surface area (Å²) in [7, 11) is 1.66. The van der Waals surface area contributed by atoms with Gasteiger partial charge in [-0.25, -0.2) is 0 Å². The molecule has 0 radical (unpaired) electrons. The second kappa shape index (κ2) is 9.94. The van der Waals surface area contributed by atoms with Gasteiger partial charge in [0.15, 0.2) is 0 Å². The van der Waals surface area contributed by atoms with Gasteiger partial charge in [-0.1, -0.05) is 25.0 Å². The highest BCUT2D eigenvalue weighted by Crippen LogP contribution is 2.38. The van der Waals surface area contributed by atoms with Crippen LogP contribution in [0.2, 0.25) is 0 Å². The topological polar surface area (TPSA) is 51.9 Å². The van der Waals surface area contributed by atoms with Crippen molar-refractivity contribution >= 4 is 22.4 Å². The van der Waals surface area contributed by atoms with Gasteiger partial charge in [-0.05, 0) is 56.0 Å². The van der Waals surface area contributed by atoms with Crippen molar-refractivity contribution in [1.29, 1.82) is 0 Å². The van der Waals surface area contributed by atoms with Gasteiger partial charge in [0.1, 0.15) is 17.1 Å². The molecule has 0 N–H and O–H groups in total. The molecule has 2 heterocycles. The number of furan rings is 1. The van der Waals surface area contributed by atoms with E-state index < -0.39 is 0 Å². The number of hydrogen-bond acceptors (Lipinski definition) is 4. The van der Waals surface area contributed by atoms with Gasteiger partial charge in [0.05, 0.1) is 20.0 Å². The van der Waals surface area contributed by atoms with E-state index in [2.05, 4.69) is 6.07 Å². The predicted molar refractivity (Wildman–Crippen MR) is 128 cm³/mol. The van der Waals surface area contributed by atoms with Crippen LogP contribution >= 0.6 is 0 Å². The lowest BCUT2D eigenvalue weighted by Crippen LogP contribution is -2.30. The molecule has 5 nitrogen and oxygen atoms in total. The maximum Gasteiger partial charge on any atom is 0.246 e. The van der Waals surface area contributed by atoms with E-state index in [9.17, 15) is 4.79 Å². The Balaban J connectivity index is 1.74. The minimum Gasteiger partial charge on any atom is -0.497 e. The lowest BCUT2D eigenvalue weighted by Gasteiger charge is -2.19. The molecule has 0 atom stereocenters. The zero-order valence-electron chi connectivity index (χ0n) is 19.1. The van der Waals surface area contributed by atoms with Crippen molar-refractivity contribution in [3.8, 4) is 22.6 Å². The standard InChI is InChI=1S/C27H31NO4/c1-4-31-25-17-26-23(24(18-32-26)20-10-9-11-21(15-20)30-3)16-22(25)19(2)14-27(29)28-12-7-5-6-8-13-28/h9-11,14-18H,4-8,12-13H2,1-3H3/b19-14+. The summed E-state index contributed by atoms with van der Waals surface area (Å²) in [5.74, 6) is 1.60. The molecule has 3 aromatic rings. The maximum absolute atomic E-state index is 13.0. The Kier molecular flexibility index (Phi) is 6.84. The Hall–Kier alpha value is -3.21. The number of ether oxygens (including phenoxy) is 2. The van der Waals surface area contributed by atoms with E-state index in [4.69, 9.17) is 13.9 Å². The molecule has 0 bridgehead atoms. The fourth-order valence-corrected chi connectivity index (χ4v) is 4.30. The van der Waals surface area contributed by atoms with Crippen molar-refractivity contribution in [3.63, 3.8) is 0 Å². The number of carbonyl (C=O) groups is 1. The Bertz CT molecular complexity index is 1120. The maximum atomic E-state index is 13.0. The molecule has 0 aliphatic carbocycles. The molecule has 1 aliphatic heterocycles. The van der Waals surface area contributed by atoms with E-state index in [-0.39, 0.29) is 5.91 Å². The van der Waals surface area contributed by atoms with Crippen LogP contribution in [0.15, 0.2) is 53.2 Å². The molecule has 0 unspecified atom stereocenters. The van der Waals surface area contributed by atoms with E-state index in [1.807, 2.05) is 49.1 Å². The normalized spacial score (nSPS) is 15.0. The van der Waals surface area contributed by atoms with Gasteiger partial charge in [0, 0.05) is 41.7 Å². The molecule has 1 saturated heterocycles. The fraction of sp³-hybridized carbons (Fsp3) is 0.370. The lowest BCUT2D eigenvalue weighted by atomic mass is 9.99. The molecule has 0 spiro atoms. The van der Waals surface area contributed by atoms with E-state index in [0.29, 0.717) is 6.61 Å². The van der Waals surface area contributed by atoms with Gasteiger partial charge in [0.2, 0.25) is 5.91 Å². The van der Waals surface area contributed by atoms with Crippen LogP contribution in [-0.2, 0) is 4.79 Å². The predicted octanol–water partition coefficient (Wildman–Crippen LogP) is 6.31. The summed E-state index contributed by atoms with van der Waals surface area (Å²) in [6.45, 7) is 6.14. The highest BCUT2D eigenvalue weighted by Gasteiger charge is 2.18. The number of carbonyl (C=O) groups excluding carboxylic acids is 1. The van der Waals surface area contributed by atoms with Crippen molar-refractivity contribution in [1.82, 2.24) is 4.90 Å². The molecule has 32 heavy (non-hydrogen) atoms. The highest BCUT2D eigenvalue weighted by atomic mass is 16.5. The van der Waals surface area contributed by atoms with Crippen LogP contribution in [0, 0.1) is 0 Å². The molecule has 4 rings (SSSR count). The van der Waals surface area contributed by atoms with Crippen LogP contribution in [0.4, 0.5) is 0 Å². The third-order valence-corrected chi connectivity index (χ3v) is 6.04. The summed E-state index contributed by atoms with van der Waals surface area (Å²) in [4.78, 5) is 14.9. The average molecular weight is 434 g/mol. The quantitative estimate of drug-likeness (QED) is 0.427. The number of fused-ring (bicyclic) bond motifs is 1. The average Bonchev–Trinajstić information content (AvgIpc) is 3.02. The van der Waals surface area contributed by atoms with Crippen LogP contribution in [0.3, 0.4) is 0 Å². The van der Waals surface area contributed by atoms with Gasteiger partial charge in [-0.2, -0.15) is 0 Å². The number of hydrogen-bond donors (Lipinski definition) is 0. The van der Waals surface area contributed by atoms with E-state index in [0.717, 1.165) is 70.7 Å². The first-order valence-electron chi connectivity index (χ1n) is 11.4. The number of methoxy groups -OCH3 is 1. The van der Waals surface area contributed by atoms with Crippen molar-refractivity contribution in [2.24, 2.45) is 0 Å². The first-order chi connectivity index (χ1) is 15.6. The summed E-state index contributed by atoms with van der Waals surface area (Å²) in [6.07, 6.45) is 8.07. The molecule has 168 valence electrons. The Morgan fingerprint density at radius 3 is 2.62 bits per heavy atom. The van der Waals surface area contributed by atoms with E-state index >= 15 is 0 Å². The number of nitrogens with zero attached hydrogens (tertiary/aromatic N) is 1. The zero-order valence-corrected chi connectivity index (χ0v) is 19.1. The number of likely N-dealkylation sites (tertiary alicyclic amines) is 1. The minimum absolute atomic E-state index is 0.0761. The summed E-state index contributed by atoms with van der Waals surface area (Å²) >= 11 is 0. The first kappa shape index (κ1) is 22.0. The molecular weight excluding hydrogens is 402 g/mol. The molecule has 1 amide bonds. The van der Waals surface area contributed by atoms with Crippen LogP contribution in [-0.4, -0.2) is 37.6 Å². The van der Waals surface area contributed by atoms with Crippen molar-refractivity contribution in [2.75, 3.05) is 26.8 Å². The summed E-state index contributed by atoms with van der Waals surface area (Å²) < 4.78 is 17.2. The minimum atomic E-state index is 0.0761. The number of amides is 1. The Labute approximate surface area is 189 Å². The van der Waals surface area contributed by atoms with Crippen molar-refractivity contribution < 1.29 is 18.7 Å². The Morgan fingerprint density at radius 1 is 1.12 bits per heavy atom. The van der Waals surface area contributed by atoms with Crippen LogP contribution in [0.25, 0.3) is 27.7 Å². The molecule has 2 aromatic carbocycles. The van der Waals surface area contributed by atoms with Gasteiger partial charge in [-0.3, -0.25) is 4.79 Å². The van der Waals surface area contributed by atoms with Gasteiger partial charge >= 0.3 is 0 Å². The SMILES string of the molecule is CCOc1cc2occ(-c3cccc(OC)c3)c2cc1/C(C)=C/C(=O)N1CCCCCC1. The molecule has 0 saturated carbocycles. The van der Waals surface area contributed by atoms with Gasteiger partial charge in [-0.15, -0.1) is 0 Å².